The van der Waals surface area contributed by atoms with Crippen molar-refractivity contribution < 1.29 is 26.3 Å². The van der Waals surface area contributed by atoms with Gasteiger partial charge in [-0.1, -0.05) is 57.0 Å². The molecule has 0 unspecified atom stereocenters. The smallest absolute Gasteiger partial charge is 0.397 e. The number of aromatic nitrogens is 4. The van der Waals surface area contributed by atoms with E-state index in [0.29, 0.717) is 36.8 Å². The van der Waals surface area contributed by atoms with E-state index in [4.69, 9.17) is 15.5 Å². The highest BCUT2D eigenvalue weighted by Crippen LogP contribution is 2.38. The number of ether oxygens (including phenoxy) is 1. The van der Waals surface area contributed by atoms with Gasteiger partial charge in [0.2, 0.25) is 5.88 Å². The second kappa shape index (κ2) is 14.4. The van der Waals surface area contributed by atoms with Crippen LogP contribution in [0.25, 0.3) is 16.9 Å². The second-order valence-electron chi connectivity index (χ2n) is 13.9. The highest BCUT2D eigenvalue weighted by molar-refractivity contribution is 7.92. The number of aryl methyl sites for hydroxylation is 1. The summed E-state index contributed by atoms with van der Waals surface area (Å²) >= 11 is 0. The molecule has 0 aliphatic carbocycles. The van der Waals surface area contributed by atoms with Crippen LogP contribution < -0.4 is 20.1 Å². The van der Waals surface area contributed by atoms with Gasteiger partial charge in [0.1, 0.15) is 18.2 Å². The maximum Gasteiger partial charge on any atom is 0.397 e. The van der Waals surface area contributed by atoms with E-state index >= 15 is 0 Å². The van der Waals surface area contributed by atoms with Gasteiger partial charge in [-0.05, 0) is 74.9 Å². The van der Waals surface area contributed by atoms with E-state index in [2.05, 4.69) is 33.6 Å². The van der Waals surface area contributed by atoms with E-state index in [1.54, 1.807) is 18.3 Å². The van der Waals surface area contributed by atoms with Crippen LogP contribution in [0, 0.1) is 10.8 Å². The molecule has 4 bridgehead atoms. The molecule has 1 aromatic carbocycles. The largest absolute Gasteiger partial charge is 0.476 e. The Morgan fingerprint density at radius 1 is 0.918 bits per heavy atom. The maximum atomic E-state index is 13.7. The summed E-state index contributed by atoms with van der Waals surface area (Å²) in [5.41, 5.74) is 6.53. The highest BCUT2D eigenvalue weighted by Gasteiger charge is 2.48. The summed E-state index contributed by atoms with van der Waals surface area (Å²) in [5.74, 6) is 0.643. The van der Waals surface area contributed by atoms with Crippen molar-refractivity contribution in [1.29, 1.82) is 0 Å². The summed E-state index contributed by atoms with van der Waals surface area (Å²) in [6.45, 7) is 7.47. The number of nitrogens with zero attached hydrogens (tertiary/aromatic N) is 5. The maximum absolute atomic E-state index is 13.7. The lowest BCUT2D eigenvalue weighted by Crippen LogP contribution is -2.40. The zero-order chi connectivity index (χ0) is 35.5. The molecule has 0 spiro atoms. The minimum atomic E-state index is -4.45. The summed E-state index contributed by atoms with van der Waals surface area (Å²) in [4.78, 5) is 11.5. The van der Waals surface area contributed by atoms with Crippen LogP contribution in [-0.4, -0.2) is 60.6 Å². The van der Waals surface area contributed by atoms with Crippen molar-refractivity contribution in [1.82, 2.24) is 19.7 Å². The first-order valence-corrected chi connectivity index (χ1v) is 17.9. The third-order valence-electron chi connectivity index (χ3n) is 8.65. The third kappa shape index (κ3) is 8.71. The molecule has 14 heteroatoms. The number of benzene rings is 1. The van der Waals surface area contributed by atoms with E-state index in [9.17, 15) is 21.6 Å². The number of anilines is 2. The molecule has 0 radical (unpaired) electrons. The fourth-order valence-electron chi connectivity index (χ4n) is 5.46. The molecule has 0 atom stereocenters. The SMILES string of the molecule is CC(C)(CN)CN1CCCCCCc2ccccc2-c2nc(ccc2-n2ccc(OCC(C)(C)C(F)(F)F)n2)NS(=O)(=O)c2cccc1n2. The first-order chi connectivity index (χ1) is 23.1. The molecule has 4 aromatic rings. The van der Waals surface area contributed by atoms with Crippen molar-refractivity contribution in [3.05, 3.63) is 72.4 Å². The van der Waals surface area contributed by atoms with Crippen molar-refractivity contribution in [2.45, 2.75) is 71.0 Å². The summed E-state index contributed by atoms with van der Waals surface area (Å²) in [5, 5.41) is 4.26. The van der Waals surface area contributed by atoms with Gasteiger partial charge >= 0.3 is 6.18 Å². The van der Waals surface area contributed by atoms with E-state index in [1.165, 1.54) is 22.9 Å². The standard InChI is InChI=1S/C35H44F3N7O3S/c1-33(2,22-39)23-44-20-10-6-5-7-12-25-13-8-9-14-26(25)32-27(45-21-19-30(42-45)48-24-34(3,4)35(36,37)38)17-18-28(40-32)43-49(46,47)31-16-11-15-29(44)41-31/h8-9,11,13-19,21H,5-7,10,12,20,22-24,39H2,1-4H3,(H,40,43). The average molecular weight is 700 g/mol. The minimum Gasteiger partial charge on any atom is -0.476 e. The number of hydrogen-bond donors (Lipinski definition) is 2. The Kier molecular flexibility index (Phi) is 10.6. The Balaban J connectivity index is 1.54. The van der Waals surface area contributed by atoms with Crippen LogP contribution >= 0.6 is 0 Å². The van der Waals surface area contributed by atoms with Crippen LogP contribution in [0.3, 0.4) is 0 Å². The normalized spacial score (nSPS) is 16.0. The van der Waals surface area contributed by atoms with Gasteiger partial charge in [-0.2, -0.15) is 21.6 Å². The Labute approximate surface area is 286 Å². The van der Waals surface area contributed by atoms with Gasteiger partial charge < -0.3 is 15.4 Å². The van der Waals surface area contributed by atoms with E-state index in [-0.39, 0.29) is 22.1 Å². The lowest BCUT2D eigenvalue weighted by atomic mass is 9.93. The van der Waals surface area contributed by atoms with Gasteiger partial charge in [-0.3, -0.25) is 4.72 Å². The minimum absolute atomic E-state index is 0.0155. The number of fused-ring (bicyclic) bond motifs is 6. The quantitative estimate of drug-likeness (QED) is 0.211. The number of hydrogen-bond acceptors (Lipinski definition) is 8. The van der Waals surface area contributed by atoms with Gasteiger partial charge in [-0.15, -0.1) is 5.10 Å². The van der Waals surface area contributed by atoms with Gasteiger partial charge in [0, 0.05) is 30.9 Å². The first-order valence-electron chi connectivity index (χ1n) is 16.4. The summed E-state index contributed by atoms with van der Waals surface area (Å²) in [6.07, 6.45) is 1.67. The molecule has 0 saturated heterocycles. The number of rotatable bonds is 7. The molecule has 49 heavy (non-hydrogen) atoms. The van der Waals surface area contributed by atoms with Crippen LogP contribution in [0.1, 0.15) is 58.9 Å². The topological polar surface area (TPSA) is 128 Å². The number of alkyl halides is 3. The predicted octanol–water partition coefficient (Wildman–Crippen LogP) is 7.01. The molecule has 3 aromatic heterocycles. The predicted molar refractivity (Wildman–Crippen MR) is 184 cm³/mol. The van der Waals surface area contributed by atoms with Gasteiger partial charge in [0.25, 0.3) is 10.0 Å². The first kappa shape index (κ1) is 36.1. The number of sulfonamides is 1. The van der Waals surface area contributed by atoms with Crippen LogP contribution in [0.15, 0.2) is 71.9 Å². The van der Waals surface area contributed by atoms with Crippen LogP contribution in [-0.2, 0) is 16.4 Å². The molecule has 5 rings (SSSR count). The molecule has 4 heterocycles. The summed E-state index contributed by atoms with van der Waals surface area (Å²) in [7, 11) is -4.16. The fraction of sp³-hybridized carbons (Fsp3) is 0.457. The monoisotopic (exact) mass is 699 g/mol. The van der Waals surface area contributed by atoms with Gasteiger partial charge in [0.05, 0.1) is 16.8 Å². The molecule has 1 aliphatic rings. The zero-order valence-electron chi connectivity index (χ0n) is 28.3. The number of nitrogens with two attached hydrogens (primary N) is 1. The lowest BCUT2D eigenvalue weighted by Gasteiger charge is -2.33. The van der Waals surface area contributed by atoms with Crippen LogP contribution in [0.5, 0.6) is 5.88 Å². The fourth-order valence-corrected chi connectivity index (χ4v) is 6.43. The van der Waals surface area contributed by atoms with Gasteiger partial charge in [0.15, 0.2) is 5.03 Å². The second-order valence-corrected chi connectivity index (χ2v) is 15.5. The van der Waals surface area contributed by atoms with Crippen molar-refractivity contribution >= 4 is 21.7 Å². The van der Waals surface area contributed by atoms with Gasteiger partial charge in [-0.25, -0.2) is 14.6 Å². The molecule has 0 fully saturated rings. The number of halogens is 3. The Morgan fingerprint density at radius 2 is 1.67 bits per heavy atom. The molecule has 264 valence electrons. The van der Waals surface area contributed by atoms with Crippen molar-refractivity contribution in [3.63, 3.8) is 0 Å². The van der Waals surface area contributed by atoms with E-state index in [1.807, 2.05) is 30.3 Å². The molecule has 0 saturated carbocycles. The third-order valence-corrected chi connectivity index (χ3v) is 9.90. The highest BCUT2D eigenvalue weighted by atomic mass is 32.2. The number of nitrogens with one attached hydrogen (secondary N) is 1. The molecular formula is C35H44F3N7O3S. The van der Waals surface area contributed by atoms with E-state index in [0.717, 1.165) is 57.1 Å². The Hall–Kier alpha value is -4.17. The summed E-state index contributed by atoms with van der Waals surface area (Å²) in [6, 6.07) is 17.4. The van der Waals surface area contributed by atoms with Crippen LogP contribution in [0.2, 0.25) is 0 Å². The van der Waals surface area contributed by atoms with Crippen molar-refractivity contribution in [2.75, 3.05) is 35.9 Å². The van der Waals surface area contributed by atoms with E-state index < -0.39 is 28.2 Å². The Bertz CT molecular complexity index is 1860. The van der Waals surface area contributed by atoms with Crippen LogP contribution in [0.4, 0.5) is 24.8 Å². The van der Waals surface area contributed by atoms with Crippen molar-refractivity contribution in [2.24, 2.45) is 16.6 Å². The zero-order valence-corrected chi connectivity index (χ0v) is 29.1. The molecule has 3 N–H and O–H groups in total. The molecule has 10 nitrogen and oxygen atoms in total. The summed E-state index contributed by atoms with van der Waals surface area (Å²) < 4.78 is 77.2. The molecule has 0 amide bonds. The lowest BCUT2D eigenvalue weighted by molar-refractivity contribution is -0.219. The molecule has 1 aliphatic heterocycles. The van der Waals surface area contributed by atoms with Crippen molar-refractivity contribution in [3.8, 4) is 22.8 Å². The Morgan fingerprint density at radius 3 is 2.43 bits per heavy atom. The molecular weight excluding hydrogens is 655 g/mol. The number of pyridine rings is 2. The average Bonchev–Trinajstić information content (AvgIpc) is 3.53.